The first-order valence-electron chi connectivity index (χ1n) is 5.89. The fourth-order valence-electron chi connectivity index (χ4n) is 1.92. The molecule has 1 saturated heterocycles. The minimum Gasteiger partial charge on any atom is -0.480 e. The second-order valence-corrected chi connectivity index (χ2v) is 4.82. The number of carbonyl (C=O) groups is 3. The van der Waals surface area contributed by atoms with Crippen molar-refractivity contribution in [1.82, 2.24) is 20.0 Å². The number of hydrogen-bond donors (Lipinski definition) is 2. The number of H-pyrrole nitrogens is 1. The number of rotatable bonds is 3. The molecule has 108 valence electrons. The molecule has 9 heteroatoms. The number of aliphatic carboxylic acids is 1. The lowest BCUT2D eigenvalue weighted by molar-refractivity contribution is -0.146. The number of piperazine rings is 1. The zero-order valence-electron chi connectivity index (χ0n) is 10.7. The number of carboxylic acid groups (broad SMARTS) is 1. The summed E-state index contributed by atoms with van der Waals surface area (Å²) in [7, 11) is 0. The molecule has 2 amide bonds. The zero-order valence-corrected chi connectivity index (χ0v) is 11.5. The van der Waals surface area contributed by atoms with Crippen LogP contribution in [0.1, 0.15) is 16.2 Å². The van der Waals surface area contributed by atoms with E-state index >= 15 is 0 Å². The maximum Gasteiger partial charge on any atom is 0.323 e. The molecule has 0 spiro atoms. The number of carboxylic acids is 1. The number of carbonyl (C=O) groups excluding carboxylic acids is 2. The van der Waals surface area contributed by atoms with Crippen LogP contribution in [0.3, 0.4) is 0 Å². The van der Waals surface area contributed by atoms with Crippen LogP contribution in [0.25, 0.3) is 0 Å². The Hall–Kier alpha value is -2.09. The predicted molar refractivity (Wildman–Crippen MR) is 68.5 cm³/mol. The lowest BCUT2D eigenvalue weighted by Gasteiger charge is -2.33. The number of hydrogen-bond acceptors (Lipinski definition) is 4. The fraction of sp³-hybridized carbons (Fsp3) is 0.455. The van der Waals surface area contributed by atoms with E-state index in [0.29, 0.717) is 5.69 Å². The number of aryl methyl sites for hydroxylation is 1. The van der Waals surface area contributed by atoms with Gasteiger partial charge in [-0.15, -0.1) is 0 Å². The number of aromatic nitrogens is 2. The van der Waals surface area contributed by atoms with Crippen molar-refractivity contribution in [2.75, 3.05) is 26.2 Å². The van der Waals surface area contributed by atoms with E-state index in [0.717, 1.165) is 0 Å². The zero-order chi connectivity index (χ0) is 14.9. The molecule has 2 heterocycles. The van der Waals surface area contributed by atoms with Crippen molar-refractivity contribution in [1.29, 1.82) is 0 Å². The first kappa shape index (κ1) is 14.3. The Morgan fingerprint density at radius 2 is 2.15 bits per heavy atom. The van der Waals surface area contributed by atoms with Gasteiger partial charge in [-0.3, -0.25) is 19.5 Å². The van der Waals surface area contributed by atoms with Gasteiger partial charge in [0.25, 0.3) is 5.91 Å². The number of aromatic amines is 1. The molecular weight excluding hydrogens is 288 g/mol. The third kappa shape index (κ3) is 2.74. The molecule has 1 aromatic heterocycles. The minimum atomic E-state index is -1.08. The Balaban J connectivity index is 2.06. The predicted octanol–water partition coefficient (Wildman–Crippen LogP) is -0.259. The van der Waals surface area contributed by atoms with Gasteiger partial charge in [0.05, 0.1) is 10.7 Å². The number of amides is 2. The van der Waals surface area contributed by atoms with Crippen molar-refractivity contribution in [3.63, 3.8) is 0 Å². The van der Waals surface area contributed by atoms with E-state index in [1.54, 1.807) is 6.92 Å². The molecule has 0 saturated carbocycles. The van der Waals surface area contributed by atoms with Gasteiger partial charge in [0.1, 0.15) is 13.1 Å². The molecule has 8 nitrogen and oxygen atoms in total. The van der Waals surface area contributed by atoms with Gasteiger partial charge in [0.2, 0.25) is 5.91 Å². The van der Waals surface area contributed by atoms with Gasteiger partial charge in [-0.2, -0.15) is 5.10 Å². The highest BCUT2D eigenvalue weighted by Gasteiger charge is 2.30. The van der Waals surface area contributed by atoms with E-state index in [4.69, 9.17) is 16.7 Å². The molecule has 1 aliphatic rings. The van der Waals surface area contributed by atoms with E-state index in [1.807, 2.05) is 0 Å². The first-order chi connectivity index (χ1) is 9.40. The highest BCUT2D eigenvalue weighted by atomic mass is 35.5. The van der Waals surface area contributed by atoms with Crippen LogP contribution in [0.5, 0.6) is 0 Å². The monoisotopic (exact) mass is 300 g/mol. The summed E-state index contributed by atoms with van der Waals surface area (Å²) in [6.07, 6.45) is 0. The topological polar surface area (TPSA) is 107 Å². The van der Waals surface area contributed by atoms with E-state index in [2.05, 4.69) is 10.2 Å². The van der Waals surface area contributed by atoms with Crippen LogP contribution in [0.2, 0.25) is 5.02 Å². The quantitative estimate of drug-likeness (QED) is 0.800. The highest BCUT2D eigenvalue weighted by molar-refractivity contribution is 6.34. The van der Waals surface area contributed by atoms with Crippen molar-refractivity contribution in [3.05, 3.63) is 16.4 Å². The third-order valence-corrected chi connectivity index (χ3v) is 3.47. The van der Waals surface area contributed by atoms with E-state index in [9.17, 15) is 14.4 Å². The van der Waals surface area contributed by atoms with Crippen LogP contribution < -0.4 is 0 Å². The summed E-state index contributed by atoms with van der Waals surface area (Å²) < 4.78 is 0. The van der Waals surface area contributed by atoms with Gasteiger partial charge < -0.3 is 14.9 Å². The van der Waals surface area contributed by atoms with Gasteiger partial charge in [0, 0.05) is 13.1 Å². The van der Waals surface area contributed by atoms with Crippen LogP contribution in [-0.2, 0) is 9.59 Å². The van der Waals surface area contributed by atoms with Crippen LogP contribution in [-0.4, -0.2) is 69.1 Å². The van der Waals surface area contributed by atoms with Gasteiger partial charge in [0.15, 0.2) is 5.69 Å². The molecule has 0 aromatic carbocycles. The van der Waals surface area contributed by atoms with E-state index in [-0.39, 0.29) is 36.9 Å². The van der Waals surface area contributed by atoms with E-state index in [1.165, 1.54) is 9.80 Å². The van der Waals surface area contributed by atoms with Crippen molar-refractivity contribution in [2.45, 2.75) is 6.92 Å². The molecule has 2 rings (SSSR count). The SMILES string of the molecule is Cc1[nH]nc(C(=O)N2CCN(CC(=O)O)C(=O)C2)c1Cl. The second-order valence-electron chi connectivity index (χ2n) is 4.45. The average Bonchev–Trinajstić information content (AvgIpc) is 2.71. The molecule has 20 heavy (non-hydrogen) atoms. The number of nitrogens with one attached hydrogen (secondary N) is 1. The second kappa shape index (κ2) is 5.49. The largest absolute Gasteiger partial charge is 0.480 e. The van der Waals surface area contributed by atoms with Crippen LogP contribution in [0.15, 0.2) is 0 Å². The molecule has 0 radical (unpaired) electrons. The van der Waals surface area contributed by atoms with Crippen molar-refractivity contribution in [2.24, 2.45) is 0 Å². The maximum absolute atomic E-state index is 12.2. The van der Waals surface area contributed by atoms with E-state index < -0.39 is 17.8 Å². The summed E-state index contributed by atoms with van der Waals surface area (Å²) in [5.74, 6) is -1.93. The van der Waals surface area contributed by atoms with Gasteiger partial charge in [-0.25, -0.2) is 0 Å². The first-order valence-corrected chi connectivity index (χ1v) is 6.27. The van der Waals surface area contributed by atoms with Crippen molar-refractivity contribution >= 4 is 29.4 Å². The number of nitrogens with zero attached hydrogens (tertiary/aromatic N) is 3. The Labute approximate surface area is 119 Å². The van der Waals surface area contributed by atoms with Crippen LogP contribution >= 0.6 is 11.6 Å². The van der Waals surface area contributed by atoms with Crippen LogP contribution in [0.4, 0.5) is 0 Å². The molecule has 0 bridgehead atoms. The highest BCUT2D eigenvalue weighted by Crippen LogP contribution is 2.19. The molecule has 2 N–H and O–H groups in total. The molecule has 0 unspecified atom stereocenters. The van der Waals surface area contributed by atoms with Crippen molar-refractivity contribution in [3.8, 4) is 0 Å². The summed E-state index contributed by atoms with van der Waals surface area (Å²) in [6.45, 7) is 1.58. The Kier molecular flexibility index (Phi) is 3.93. The summed E-state index contributed by atoms with van der Waals surface area (Å²) in [5.41, 5.74) is 0.648. The summed E-state index contributed by atoms with van der Waals surface area (Å²) in [4.78, 5) is 37.1. The molecule has 0 aliphatic carbocycles. The molecule has 1 fully saturated rings. The normalized spacial score (nSPS) is 15.6. The average molecular weight is 301 g/mol. The lowest BCUT2D eigenvalue weighted by Crippen LogP contribution is -2.53. The minimum absolute atomic E-state index is 0.0728. The van der Waals surface area contributed by atoms with Crippen molar-refractivity contribution < 1.29 is 19.5 Å². The summed E-state index contributed by atoms with van der Waals surface area (Å²) in [6, 6.07) is 0. The fourth-order valence-corrected chi connectivity index (χ4v) is 2.08. The summed E-state index contributed by atoms with van der Waals surface area (Å²) >= 11 is 5.94. The smallest absolute Gasteiger partial charge is 0.323 e. The third-order valence-electron chi connectivity index (χ3n) is 3.01. The summed E-state index contributed by atoms with van der Waals surface area (Å²) in [5, 5.41) is 15.3. The lowest BCUT2D eigenvalue weighted by atomic mass is 10.2. The Morgan fingerprint density at radius 1 is 1.45 bits per heavy atom. The number of halogens is 1. The molecule has 0 atom stereocenters. The molecule has 1 aromatic rings. The Bertz CT molecular complexity index is 571. The molecular formula is C11H13ClN4O4. The van der Waals surface area contributed by atoms with Gasteiger partial charge in [-0.1, -0.05) is 11.6 Å². The molecule has 1 aliphatic heterocycles. The standard InChI is InChI=1S/C11H13ClN4O4/c1-6-9(12)10(14-13-6)11(20)16-3-2-15(5-8(18)19)7(17)4-16/h2-5H2,1H3,(H,13,14)(H,18,19). The van der Waals surface area contributed by atoms with Crippen LogP contribution in [0, 0.1) is 6.92 Å². The van der Waals surface area contributed by atoms with Gasteiger partial charge >= 0.3 is 5.97 Å². The Morgan fingerprint density at radius 3 is 2.65 bits per heavy atom. The maximum atomic E-state index is 12.2. The van der Waals surface area contributed by atoms with Gasteiger partial charge in [-0.05, 0) is 6.92 Å².